The summed E-state index contributed by atoms with van der Waals surface area (Å²) in [5.74, 6) is -0.451. The molecule has 0 amide bonds. The van der Waals surface area contributed by atoms with Crippen LogP contribution in [0.3, 0.4) is 0 Å². The Morgan fingerprint density at radius 3 is 2.65 bits per heavy atom. The topological polar surface area (TPSA) is 33.1 Å². The van der Waals surface area contributed by atoms with E-state index in [4.69, 9.17) is 0 Å². The van der Waals surface area contributed by atoms with Gasteiger partial charge in [-0.05, 0) is 24.5 Å². The smallest absolute Gasteiger partial charge is 0.147 e. The summed E-state index contributed by atoms with van der Waals surface area (Å²) < 4.78 is 13.3. The van der Waals surface area contributed by atoms with E-state index in [0.29, 0.717) is 12.0 Å². The van der Waals surface area contributed by atoms with Gasteiger partial charge in [-0.25, -0.2) is 4.39 Å². The van der Waals surface area contributed by atoms with Crippen molar-refractivity contribution in [2.75, 3.05) is 0 Å². The van der Waals surface area contributed by atoms with E-state index in [-0.39, 0.29) is 0 Å². The first-order chi connectivity index (χ1) is 8.27. The third-order valence-electron chi connectivity index (χ3n) is 2.71. The molecule has 0 aliphatic heterocycles. The van der Waals surface area contributed by atoms with Gasteiger partial charge in [0.25, 0.3) is 0 Å². The number of hydrogen-bond acceptors (Lipinski definition) is 2. The zero-order valence-electron chi connectivity index (χ0n) is 9.38. The van der Waals surface area contributed by atoms with E-state index in [1.165, 1.54) is 12.3 Å². The van der Waals surface area contributed by atoms with Gasteiger partial charge in [-0.15, -0.1) is 0 Å². The molecule has 2 rings (SSSR count). The average Bonchev–Trinajstić information content (AvgIpc) is 2.38. The number of pyridine rings is 1. The van der Waals surface area contributed by atoms with Crippen molar-refractivity contribution in [2.45, 2.75) is 18.9 Å². The van der Waals surface area contributed by atoms with E-state index in [9.17, 15) is 9.50 Å². The molecular formula is C14H14FNO. The Morgan fingerprint density at radius 2 is 1.94 bits per heavy atom. The normalized spacial score (nSPS) is 12.4. The van der Waals surface area contributed by atoms with Crippen molar-refractivity contribution in [1.29, 1.82) is 0 Å². The van der Waals surface area contributed by atoms with Crippen LogP contribution in [0.2, 0.25) is 0 Å². The minimum Gasteiger partial charge on any atom is -0.388 e. The molecule has 0 saturated heterocycles. The Balaban J connectivity index is 1.99. The predicted molar refractivity (Wildman–Crippen MR) is 63.9 cm³/mol. The van der Waals surface area contributed by atoms with Gasteiger partial charge in [-0.1, -0.05) is 30.3 Å². The van der Waals surface area contributed by atoms with Crippen LogP contribution in [-0.4, -0.2) is 10.1 Å². The van der Waals surface area contributed by atoms with Crippen LogP contribution in [0.25, 0.3) is 0 Å². The molecule has 1 atom stereocenters. The molecule has 1 unspecified atom stereocenters. The molecule has 0 spiro atoms. The maximum absolute atomic E-state index is 13.3. The number of aromatic nitrogens is 1. The van der Waals surface area contributed by atoms with Gasteiger partial charge in [0.15, 0.2) is 0 Å². The van der Waals surface area contributed by atoms with Gasteiger partial charge in [0, 0.05) is 11.8 Å². The molecule has 0 bridgehead atoms. The molecule has 0 radical (unpaired) electrons. The highest BCUT2D eigenvalue weighted by Gasteiger charge is 2.12. The number of aliphatic hydroxyl groups is 1. The minimum absolute atomic E-state index is 0.316. The van der Waals surface area contributed by atoms with Crippen molar-refractivity contribution < 1.29 is 9.50 Å². The molecule has 1 aromatic heterocycles. The van der Waals surface area contributed by atoms with Crippen molar-refractivity contribution in [3.05, 3.63) is 65.7 Å². The molecule has 88 valence electrons. The van der Waals surface area contributed by atoms with E-state index in [0.717, 1.165) is 18.2 Å². The molecule has 0 fully saturated rings. The van der Waals surface area contributed by atoms with Crippen LogP contribution in [0.5, 0.6) is 0 Å². The third-order valence-corrected chi connectivity index (χ3v) is 2.71. The average molecular weight is 231 g/mol. The fourth-order valence-corrected chi connectivity index (χ4v) is 1.76. The Bertz CT molecular complexity index is 473. The zero-order valence-corrected chi connectivity index (χ0v) is 9.38. The predicted octanol–water partition coefficient (Wildman–Crippen LogP) is 2.89. The van der Waals surface area contributed by atoms with Crippen LogP contribution in [0, 0.1) is 5.82 Å². The highest BCUT2D eigenvalue weighted by Crippen LogP contribution is 2.20. The number of aryl methyl sites for hydroxylation is 1. The Morgan fingerprint density at radius 1 is 1.18 bits per heavy atom. The zero-order chi connectivity index (χ0) is 12.1. The molecule has 0 saturated carbocycles. The summed E-state index contributed by atoms with van der Waals surface area (Å²) in [5, 5.41) is 9.89. The monoisotopic (exact) mass is 231 g/mol. The van der Waals surface area contributed by atoms with Gasteiger partial charge in [0.2, 0.25) is 0 Å². The summed E-state index contributed by atoms with van der Waals surface area (Å²) in [5.41, 5.74) is 1.46. The van der Waals surface area contributed by atoms with Gasteiger partial charge >= 0.3 is 0 Å². The van der Waals surface area contributed by atoms with Crippen molar-refractivity contribution >= 4 is 0 Å². The van der Waals surface area contributed by atoms with Gasteiger partial charge in [0.05, 0.1) is 12.3 Å². The number of benzene rings is 1. The summed E-state index contributed by atoms with van der Waals surface area (Å²) in [6.45, 7) is 0. The quantitative estimate of drug-likeness (QED) is 0.877. The number of hydrogen-bond donors (Lipinski definition) is 1. The molecular weight excluding hydrogens is 217 g/mol. The largest absolute Gasteiger partial charge is 0.388 e. The van der Waals surface area contributed by atoms with Crippen molar-refractivity contribution in [2.24, 2.45) is 0 Å². The molecule has 1 aromatic carbocycles. The molecule has 2 nitrogen and oxygen atoms in total. The summed E-state index contributed by atoms with van der Waals surface area (Å²) in [7, 11) is 0. The number of rotatable bonds is 4. The lowest BCUT2D eigenvalue weighted by Crippen LogP contribution is -2.02. The first kappa shape index (κ1) is 11.7. The number of aliphatic hydroxyl groups excluding tert-OH is 1. The van der Waals surface area contributed by atoms with Gasteiger partial charge in [-0.3, -0.25) is 4.98 Å². The minimum atomic E-state index is -0.779. The third kappa shape index (κ3) is 3.11. The summed E-state index contributed by atoms with van der Waals surface area (Å²) in [4.78, 5) is 3.66. The fraction of sp³-hybridized carbons (Fsp3) is 0.214. The van der Waals surface area contributed by atoms with Crippen LogP contribution < -0.4 is 0 Å². The first-order valence-corrected chi connectivity index (χ1v) is 5.59. The van der Waals surface area contributed by atoms with Gasteiger partial charge in [0.1, 0.15) is 5.82 Å². The van der Waals surface area contributed by atoms with E-state index in [1.807, 2.05) is 30.3 Å². The molecule has 1 N–H and O–H groups in total. The SMILES string of the molecule is OC(CCc1ccccc1)c1ccncc1F. The van der Waals surface area contributed by atoms with Crippen LogP contribution in [0.1, 0.15) is 23.7 Å². The van der Waals surface area contributed by atoms with E-state index in [1.54, 1.807) is 0 Å². The standard InChI is InChI=1S/C14H14FNO/c15-13-10-16-9-8-12(13)14(17)7-6-11-4-2-1-3-5-11/h1-5,8-10,14,17H,6-7H2. The van der Waals surface area contributed by atoms with Gasteiger partial charge < -0.3 is 5.11 Å². The molecule has 1 heterocycles. The van der Waals surface area contributed by atoms with Crippen LogP contribution >= 0.6 is 0 Å². The van der Waals surface area contributed by atoms with Crippen molar-refractivity contribution in [3.63, 3.8) is 0 Å². The second kappa shape index (κ2) is 5.55. The number of halogens is 1. The second-order valence-corrected chi connectivity index (χ2v) is 3.94. The van der Waals surface area contributed by atoms with Crippen molar-refractivity contribution in [1.82, 2.24) is 4.98 Å². The highest BCUT2D eigenvalue weighted by atomic mass is 19.1. The van der Waals surface area contributed by atoms with E-state index < -0.39 is 11.9 Å². The summed E-state index contributed by atoms with van der Waals surface area (Å²) in [6.07, 6.45) is 3.07. The lowest BCUT2D eigenvalue weighted by molar-refractivity contribution is 0.163. The van der Waals surface area contributed by atoms with Gasteiger partial charge in [-0.2, -0.15) is 0 Å². The van der Waals surface area contributed by atoms with Crippen LogP contribution in [0.15, 0.2) is 48.8 Å². The molecule has 17 heavy (non-hydrogen) atoms. The van der Waals surface area contributed by atoms with Crippen molar-refractivity contribution in [3.8, 4) is 0 Å². The number of nitrogens with zero attached hydrogens (tertiary/aromatic N) is 1. The lowest BCUT2D eigenvalue weighted by Gasteiger charge is -2.11. The van der Waals surface area contributed by atoms with E-state index in [2.05, 4.69) is 4.98 Å². The van der Waals surface area contributed by atoms with Crippen LogP contribution in [0.4, 0.5) is 4.39 Å². The molecule has 2 aromatic rings. The molecule has 0 aliphatic carbocycles. The van der Waals surface area contributed by atoms with Crippen LogP contribution in [-0.2, 0) is 6.42 Å². The highest BCUT2D eigenvalue weighted by molar-refractivity contribution is 5.18. The summed E-state index contributed by atoms with van der Waals surface area (Å²) in [6, 6.07) is 11.4. The maximum atomic E-state index is 13.3. The Hall–Kier alpha value is -1.74. The molecule has 0 aliphatic rings. The Kier molecular flexibility index (Phi) is 3.83. The second-order valence-electron chi connectivity index (χ2n) is 3.94. The first-order valence-electron chi connectivity index (χ1n) is 5.59. The molecule has 3 heteroatoms. The summed E-state index contributed by atoms with van der Waals surface area (Å²) >= 11 is 0. The maximum Gasteiger partial charge on any atom is 0.147 e. The van der Waals surface area contributed by atoms with E-state index >= 15 is 0 Å². The fourth-order valence-electron chi connectivity index (χ4n) is 1.76. The lowest BCUT2D eigenvalue weighted by atomic mass is 10.0. The Labute approximate surface area is 99.8 Å².